The van der Waals surface area contributed by atoms with E-state index < -0.39 is 5.63 Å². The minimum Gasteiger partial charge on any atom is -0.507 e. The standard InChI is InChI=1S/C15H16O3/c1-8-5-9(2)13(10(3)6-8)14-12(16)7-11(4)18-15(14)17/h5-7,16H,1-4H3. The monoisotopic (exact) mass is 244 g/mol. The summed E-state index contributed by atoms with van der Waals surface area (Å²) < 4.78 is 5.07. The van der Waals surface area contributed by atoms with Crippen LogP contribution in [-0.4, -0.2) is 5.11 Å². The molecule has 18 heavy (non-hydrogen) atoms. The topological polar surface area (TPSA) is 50.4 Å². The van der Waals surface area contributed by atoms with Crippen LogP contribution < -0.4 is 5.63 Å². The van der Waals surface area contributed by atoms with Crippen molar-refractivity contribution in [1.29, 1.82) is 0 Å². The second-order valence-corrected chi connectivity index (χ2v) is 4.68. The van der Waals surface area contributed by atoms with E-state index in [1.54, 1.807) is 6.92 Å². The number of aromatic hydroxyl groups is 1. The summed E-state index contributed by atoms with van der Waals surface area (Å²) in [5.74, 6) is 0.377. The number of hydrogen-bond acceptors (Lipinski definition) is 3. The number of aryl methyl sites for hydroxylation is 4. The molecule has 0 aliphatic heterocycles. The lowest BCUT2D eigenvalue weighted by atomic mass is 9.94. The highest BCUT2D eigenvalue weighted by Gasteiger charge is 2.16. The van der Waals surface area contributed by atoms with Gasteiger partial charge in [-0.2, -0.15) is 0 Å². The molecular weight excluding hydrogens is 228 g/mol. The fourth-order valence-electron chi connectivity index (χ4n) is 2.40. The predicted octanol–water partition coefficient (Wildman–Crippen LogP) is 3.25. The first-order chi connectivity index (χ1) is 8.40. The normalized spacial score (nSPS) is 10.7. The zero-order valence-corrected chi connectivity index (χ0v) is 11.0. The van der Waals surface area contributed by atoms with E-state index in [9.17, 15) is 9.90 Å². The van der Waals surface area contributed by atoms with Gasteiger partial charge in [0.25, 0.3) is 0 Å². The Balaban J connectivity index is 2.82. The van der Waals surface area contributed by atoms with Crippen LogP contribution in [0.4, 0.5) is 0 Å². The van der Waals surface area contributed by atoms with Gasteiger partial charge in [0, 0.05) is 6.07 Å². The summed E-state index contributed by atoms with van der Waals surface area (Å²) in [5, 5.41) is 9.98. The van der Waals surface area contributed by atoms with E-state index in [-0.39, 0.29) is 11.3 Å². The molecule has 0 unspecified atom stereocenters. The lowest BCUT2D eigenvalue weighted by Gasteiger charge is -2.11. The molecule has 0 bridgehead atoms. The third-order valence-electron chi connectivity index (χ3n) is 2.98. The zero-order chi connectivity index (χ0) is 13.4. The molecule has 2 rings (SSSR count). The predicted molar refractivity (Wildman–Crippen MR) is 71.0 cm³/mol. The highest BCUT2D eigenvalue weighted by molar-refractivity contribution is 5.75. The van der Waals surface area contributed by atoms with Gasteiger partial charge >= 0.3 is 5.63 Å². The van der Waals surface area contributed by atoms with Crippen LogP contribution >= 0.6 is 0 Å². The van der Waals surface area contributed by atoms with E-state index in [4.69, 9.17) is 4.42 Å². The Bertz CT molecular complexity index is 643. The summed E-state index contributed by atoms with van der Waals surface area (Å²) in [6, 6.07) is 5.44. The van der Waals surface area contributed by atoms with Crippen LogP contribution in [0.5, 0.6) is 5.75 Å². The Kier molecular flexibility index (Phi) is 2.99. The molecule has 0 saturated carbocycles. The molecule has 0 atom stereocenters. The van der Waals surface area contributed by atoms with E-state index in [0.717, 1.165) is 22.3 Å². The summed E-state index contributed by atoms with van der Waals surface area (Å²) in [4.78, 5) is 11.9. The summed E-state index contributed by atoms with van der Waals surface area (Å²) >= 11 is 0. The molecule has 0 amide bonds. The van der Waals surface area contributed by atoms with Crippen LogP contribution in [0.15, 0.2) is 27.4 Å². The number of rotatable bonds is 1. The highest BCUT2D eigenvalue weighted by Crippen LogP contribution is 2.32. The van der Waals surface area contributed by atoms with Crippen molar-refractivity contribution in [1.82, 2.24) is 0 Å². The van der Waals surface area contributed by atoms with Gasteiger partial charge in [-0.25, -0.2) is 4.79 Å². The minimum absolute atomic E-state index is 0.0289. The summed E-state index contributed by atoms with van der Waals surface area (Å²) in [6.45, 7) is 7.49. The van der Waals surface area contributed by atoms with E-state index in [2.05, 4.69) is 0 Å². The molecule has 3 nitrogen and oxygen atoms in total. The lowest BCUT2D eigenvalue weighted by molar-refractivity contribution is 0.438. The maximum absolute atomic E-state index is 11.9. The van der Waals surface area contributed by atoms with E-state index in [0.29, 0.717) is 5.76 Å². The van der Waals surface area contributed by atoms with Gasteiger partial charge in [0.2, 0.25) is 0 Å². The molecular formula is C15H16O3. The fourth-order valence-corrected chi connectivity index (χ4v) is 2.40. The Labute approximate surface area is 106 Å². The molecule has 2 aromatic rings. The van der Waals surface area contributed by atoms with Crippen molar-refractivity contribution in [3.05, 3.63) is 51.1 Å². The van der Waals surface area contributed by atoms with Crippen LogP contribution in [0.2, 0.25) is 0 Å². The van der Waals surface area contributed by atoms with Crippen LogP contribution in [0, 0.1) is 27.7 Å². The van der Waals surface area contributed by atoms with Gasteiger partial charge in [0.05, 0.1) is 0 Å². The Hall–Kier alpha value is -2.03. The van der Waals surface area contributed by atoms with Gasteiger partial charge in [-0.15, -0.1) is 0 Å². The molecule has 0 aliphatic carbocycles. The summed E-state index contributed by atoms with van der Waals surface area (Å²) in [7, 11) is 0. The molecule has 1 aromatic heterocycles. The molecule has 0 fully saturated rings. The van der Waals surface area contributed by atoms with Gasteiger partial charge in [-0.1, -0.05) is 17.7 Å². The number of benzene rings is 1. The van der Waals surface area contributed by atoms with Gasteiger partial charge in [0.15, 0.2) is 0 Å². The average Bonchev–Trinajstić information content (AvgIpc) is 2.20. The van der Waals surface area contributed by atoms with Crippen molar-refractivity contribution in [2.75, 3.05) is 0 Å². The van der Waals surface area contributed by atoms with Crippen LogP contribution in [0.3, 0.4) is 0 Å². The molecule has 0 spiro atoms. The first-order valence-electron chi connectivity index (χ1n) is 5.82. The summed E-state index contributed by atoms with van der Waals surface area (Å²) in [6.07, 6.45) is 0. The van der Waals surface area contributed by atoms with E-state index in [1.165, 1.54) is 6.07 Å². The van der Waals surface area contributed by atoms with Crippen molar-refractivity contribution < 1.29 is 9.52 Å². The van der Waals surface area contributed by atoms with Crippen LogP contribution in [-0.2, 0) is 0 Å². The molecule has 0 aliphatic rings. The molecule has 0 radical (unpaired) electrons. The van der Waals surface area contributed by atoms with Crippen molar-refractivity contribution in [2.24, 2.45) is 0 Å². The van der Waals surface area contributed by atoms with E-state index in [1.807, 2.05) is 32.9 Å². The molecule has 94 valence electrons. The third kappa shape index (κ3) is 2.04. The second-order valence-electron chi connectivity index (χ2n) is 4.68. The second kappa shape index (κ2) is 4.33. The lowest BCUT2D eigenvalue weighted by Crippen LogP contribution is -2.06. The zero-order valence-electron chi connectivity index (χ0n) is 11.0. The molecule has 3 heteroatoms. The van der Waals surface area contributed by atoms with Gasteiger partial charge in [0.1, 0.15) is 17.1 Å². The molecule has 1 aromatic carbocycles. The molecule has 1 N–H and O–H groups in total. The van der Waals surface area contributed by atoms with Crippen molar-refractivity contribution in [3.8, 4) is 16.9 Å². The van der Waals surface area contributed by atoms with Crippen molar-refractivity contribution >= 4 is 0 Å². The van der Waals surface area contributed by atoms with Crippen molar-refractivity contribution in [3.63, 3.8) is 0 Å². The van der Waals surface area contributed by atoms with Gasteiger partial charge < -0.3 is 9.52 Å². The Morgan fingerprint density at radius 2 is 1.50 bits per heavy atom. The Morgan fingerprint density at radius 3 is 2.00 bits per heavy atom. The van der Waals surface area contributed by atoms with Crippen LogP contribution in [0.1, 0.15) is 22.5 Å². The quantitative estimate of drug-likeness (QED) is 0.837. The van der Waals surface area contributed by atoms with Crippen molar-refractivity contribution in [2.45, 2.75) is 27.7 Å². The smallest absolute Gasteiger partial charge is 0.347 e. The summed E-state index contributed by atoms with van der Waals surface area (Å²) in [5.41, 5.74) is 3.55. The first-order valence-corrected chi connectivity index (χ1v) is 5.82. The van der Waals surface area contributed by atoms with E-state index >= 15 is 0 Å². The first kappa shape index (κ1) is 12.4. The third-order valence-corrected chi connectivity index (χ3v) is 2.98. The molecule has 1 heterocycles. The minimum atomic E-state index is -0.498. The number of hydrogen-bond donors (Lipinski definition) is 1. The Morgan fingerprint density at radius 1 is 0.944 bits per heavy atom. The maximum Gasteiger partial charge on any atom is 0.347 e. The highest BCUT2D eigenvalue weighted by atomic mass is 16.4. The van der Waals surface area contributed by atoms with Crippen LogP contribution in [0.25, 0.3) is 11.1 Å². The largest absolute Gasteiger partial charge is 0.507 e. The molecule has 0 saturated heterocycles. The average molecular weight is 244 g/mol. The SMILES string of the molecule is Cc1cc(C)c(-c2c(O)cc(C)oc2=O)c(C)c1. The maximum atomic E-state index is 11.9. The van der Waals surface area contributed by atoms with Gasteiger partial charge in [-0.05, 0) is 44.4 Å². The van der Waals surface area contributed by atoms with Gasteiger partial charge in [-0.3, -0.25) is 0 Å². The fraction of sp³-hybridized carbons (Fsp3) is 0.267.